The number of halogens is 1. The summed E-state index contributed by atoms with van der Waals surface area (Å²) in [4.78, 5) is 11.2. The van der Waals surface area contributed by atoms with E-state index in [1.165, 1.54) is 19.1 Å². The van der Waals surface area contributed by atoms with E-state index in [-0.39, 0.29) is 23.5 Å². The van der Waals surface area contributed by atoms with Gasteiger partial charge in [-0.15, -0.1) is 0 Å². The number of carbonyl (C=O) groups excluding carboxylic acids is 1. The molecule has 1 aromatic rings. The molecule has 1 fully saturated rings. The molecule has 0 aliphatic carbocycles. The molecule has 0 bridgehead atoms. The standard InChI is InChI=1S/C12H13FO3S/c1-9(14)10-3-2-4-11(7-10)12(13)5-6-17(15,16)8-12/h2-4,7H,5-6,8H2,1H3. The summed E-state index contributed by atoms with van der Waals surface area (Å²) in [5.41, 5.74) is -1.15. The van der Waals surface area contributed by atoms with Gasteiger partial charge in [0.1, 0.15) is 0 Å². The maximum Gasteiger partial charge on any atom is 0.159 e. The minimum Gasteiger partial charge on any atom is -0.295 e. The van der Waals surface area contributed by atoms with Crippen LogP contribution in [0, 0.1) is 0 Å². The number of Topliss-reactive ketones (excluding diaryl/α,β-unsaturated/α-hetero) is 1. The first-order valence-corrected chi connectivity index (χ1v) is 7.15. The molecule has 5 heteroatoms. The summed E-state index contributed by atoms with van der Waals surface area (Å²) in [6.07, 6.45) is -0.0311. The second-order valence-electron chi connectivity index (χ2n) is 4.44. The van der Waals surface area contributed by atoms with Crippen molar-refractivity contribution >= 4 is 15.6 Å². The number of sulfone groups is 1. The fourth-order valence-corrected chi connectivity index (χ4v) is 3.84. The fourth-order valence-electron chi connectivity index (χ4n) is 2.05. The molecule has 1 aliphatic rings. The Balaban J connectivity index is 2.41. The van der Waals surface area contributed by atoms with Gasteiger partial charge in [0.25, 0.3) is 0 Å². The van der Waals surface area contributed by atoms with Crippen LogP contribution in [0.4, 0.5) is 4.39 Å². The Bertz CT molecular complexity index is 565. The molecule has 1 aliphatic heterocycles. The van der Waals surface area contributed by atoms with Crippen LogP contribution in [0.2, 0.25) is 0 Å². The monoisotopic (exact) mass is 256 g/mol. The zero-order valence-electron chi connectivity index (χ0n) is 9.44. The molecule has 2 rings (SSSR count). The van der Waals surface area contributed by atoms with Crippen molar-refractivity contribution in [3.63, 3.8) is 0 Å². The number of hydrogen-bond acceptors (Lipinski definition) is 3. The molecule has 0 radical (unpaired) electrons. The van der Waals surface area contributed by atoms with Gasteiger partial charge in [0, 0.05) is 12.0 Å². The molecule has 0 aromatic heterocycles. The van der Waals surface area contributed by atoms with Gasteiger partial charge in [-0.3, -0.25) is 4.79 Å². The normalized spacial score (nSPS) is 26.9. The second kappa shape index (κ2) is 3.91. The van der Waals surface area contributed by atoms with E-state index in [1.807, 2.05) is 0 Å². The topological polar surface area (TPSA) is 51.2 Å². The zero-order valence-corrected chi connectivity index (χ0v) is 10.3. The van der Waals surface area contributed by atoms with Crippen molar-refractivity contribution < 1.29 is 17.6 Å². The van der Waals surface area contributed by atoms with Crippen molar-refractivity contribution in [3.05, 3.63) is 35.4 Å². The third kappa shape index (κ3) is 2.39. The summed E-state index contributed by atoms with van der Waals surface area (Å²) in [6, 6.07) is 6.16. The van der Waals surface area contributed by atoms with Gasteiger partial charge in [-0.25, -0.2) is 12.8 Å². The van der Waals surface area contributed by atoms with Gasteiger partial charge < -0.3 is 0 Å². The van der Waals surface area contributed by atoms with Gasteiger partial charge in [0.15, 0.2) is 21.3 Å². The van der Waals surface area contributed by atoms with Crippen molar-refractivity contribution in [1.82, 2.24) is 0 Å². The first-order chi connectivity index (χ1) is 7.82. The van der Waals surface area contributed by atoms with E-state index in [0.29, 0.717) is 5.56 Å². The predicted molar refractivity (Wildman–Crippen MR) is 62.5 cm³/mol. The second-order valence-corrected chi connectivity index (χ2v) is 6.63. The van der Waals surface area contributed by atoms with Crippen LogP contribution in [0.15, 0.2) is 24.3 Å². The quantitative estimate of drug-likeness (QED) is 0.759. The lowest BCUT2D eigenvalue weighted by atomic mass is 9.93. The molecule has 0 N–H and O–H groups in total. The Kier molecular flexibility index (Phi) is 2.81. The van der Waals surface area contributed by atoms with Crippen molar-refractivity contribution in [3.8, 4) is 0 Å². The third-order valence-corrected chi connectivity index (χ3v) is 4.77. The molecule has 1 heterocycles. The first-order valence-electron chi connectivity index (χ1n) is 5.33. The van der Waals surface area contributed by atoms with Crippen molar-refractivity contribution in [2.45, 2.75) is 19.0 Å². The van der Waals surface area contributed by atoms with Gasteiger partial charge in [-0.05, 0) is 18.6 Å². The lowest BCUT2D eigenvalue weighted by Crippen LogP contribution is -2.21. The molecule has 1 atom stereocenters. The number of hydrogen-bond donors (Lipinski definition) is 0. The summed E-state index contributed by atoms with van der Waals surface area (Å²) in [7, 11) is -3.30. The van der Waals surface area contributed by atoms with Crippen LogP contribution in [0.25, 0.3) is 0 Å². The lowest BCUT2D eigenvalue weighted by molar-refractivity contribution is 0.101. The van der Waals surface area contributed by atoms with Crippen LogP contribution in [0.1, 0.15) is 29.3 Å². The molecule has 1 aromatic carbocycles. The highest BCUT2D eigenvalue weighted by atomic mass is 32.2. The molecule has 17 heavy (non-hydrogen) atoms. The van der Waals surface area contributed by atoms with Gasteiger partial charge in [-0.1, -0.05) is 18.2 Å². The number of rotatable bonds is 2. The summed E-state index contributed by atoms with van der Waals surface area (Å²) in [6.45, 7) is 1.40. The highest BCUT2D eigenvalue weighted by Gasteiger charge is 2.44. The highest BCUT2D eigenvalue weighted by molar-refractivity contribution is 7.91. The molecular weight excluding hydrogens is 243 g/mol. The average molecular weight is 256 g/mol. The Morgan fingerprint density at radius 3 is 2.65 bits per heavy atom. The van der Waals surface area contributed by atoms with E-state index >= 15 is 0 Å². The van der Waals surface area contributed by atoms with Gasteiger partial charge in [-0.2, -0.15) is 0 Å². The average Bonchev–Trinajstić information content (AvgIpc) is 2.55. The molecule has 0 amide bonds. The maximum atomic E-state index is 14.5. The van der Waals surface area contributed by atoms with Crippen LogP contribution in [-0.4, -0.2) is 25.7 Å². The molecule has 0 saturated carbocycles. The Hall–Kier alpha value is -1.23. The van der Waals surface area contributed by atoms with E-state index in [9.17, 15) is 17.6 Å². The van der Waals surface area contributed by atoms with Gasteiger partial charge in [0.2, 0.25) is 0 Å². The summed E-state index contributed by atoms with van der Waals surface area (Å²) >= 11 is 0. The Labute approximate surface area is 99.6 Å². The van der Waals surface area contributed by atoms with Crippen molar-refractivity contribution in [2.75, 3.05) is 11.5 Å². The third-order valence-electron chi connectivity index (χ3n) is 3.04. The highest BCUT2D eigenvalue weighted by Crippen LogP contribution is 2.37. The summed E-state index contributed by atoms with van der Waals surface area (Å²) in [5, 5.41) is 0. The SMILES string of the molecule is CC(=O)c1cccc(C2(F)CCS(=O)(=O)C2)c1. The van der Waals surface area contributed by atoms with Crippen LogP contribution < -0.4 is 0 Å². The molecular formula is C12H13FO3S. The van der Waals surface area contributed by atoms with E-state index in [2.05, 4.69) is 0 Å². The van der Waals surface area contributed by atoms with Gasteiger partial charge >= 0.3 is 0 Å². The van der Waals surface area contributed by atoms with E-state index in [4.69, 9.17) is 0 Å². The van der Waals surface area contributed by atoms with E-state index in [0.717, 1.165) is 0 Å². The van der Waals surface area contributed by atoms with Crippen molar-refractivity contribution in [1.29, 1.82) is 0 Å². The molecule has 1 unspecified atom stereocenters. The van der Waals surface area contributed by atoms with E-state index < -0.39 is 21.3 Å². The Morgan fingerprint density at radius 2 is 2.12 bits per heavy atom. The van der Waals surface area contributed by atoms with Crippen LogP contribution in [0.3, 0.4) is 0 Å². The smallest absolute Gasteiger partial charge is 0.159 e. The molecule has 92 valence electrons. The minimum atomic E-state index is -3.30. The molecule has 0 spiro atoms. The Morgan fingerprint density at radius 1 is 1.41 bits per heavy atom. The number of benzene rings is 1. The summed E-state index contributed by atoms with van der Waals surface area (Å²) < 4.78 is 37.2. The lowest BCUT2D eigenvalue weighted by Gasteiger charge is -2.18. The molecule has 1 saturated heterocycles. The van der Waals surface area contributed by atoms with Crippen LogP contribution in [0.5, 0.6) is 0 Å². The van der Waals surface area contributed by atoms with Crippen molar-refractivity contribution in [2.24, 2.45) is 0 Å². The zero-order chi connectivity index (χ0) is 12.7. The number of alkyl halides is 1. The largest absolute Gasteiger partial charge is 0.295 e. The molecule has 3 nitrogen and oxygen atoms in total. The predicted octanol–water partition coefficient (Wildman–Crippen LogP) is 1.87. The first kappa shape index (κ1) is 12.2. The minimum absolute atomic E-state index is 0.0311. The summed E-state index contributed by atoms with van der Waals surface area (Å²) in [5.74, 6) is -0.772. The number of ketones is 1. The van der Waals surface area contributed by atoms with Crippen LogP contribution in [-0.2, 0) is 15.5 Å². The van der Waals surface area contributed by atoms with Crippen LogP contribution >= 0.6 is 0 Å². The fraction of sp³-hybridized carbons (Fsp3) is 0.417. The van der Waals surface area contributed by atoms with Gasteiger partial charge in [0.05, 0.1) is 11.5 Å². The van der Waals surface area contributed by atoms with E-state index in [1.54, 1.807) is 12.1 Å². The maximum absolute atomic E-state index is 14.5. The number of carbonyl (C=O) groups is 1.